The summed E-state index contributed by atoms with van der Waals surface area (Å²) in [7, 11) is 0. The molecule has 12 aromatic rings. The van der Waals surface area contributed by atoms with Crippen LogP contribution in [-0.4, -0.2) is 0 Å². The molecule has 1 nitrogen and oxygen atoms in total. The molecule has 0 aliphatic heterocycles. The highest BCUT2D eigenvalue weighted by atomic mass is 32.1. The van der Waals surface area contributed by atoms with Gasteiger partial charge in [0.05, 0.1) is 0 Å². The second-order valence-electron chi connectivity index (χ2n) is 14.8. The first-order valence-corrected chi connectivity index (χ1v) is 21.0. The molecule has 0 unspecified atom stereocenters. The van der Waals surface area contributed by atoms with Crippen molar-refractivity contribution in [3.63, 3.8) is 0 Å². The molecule has 0 aliphatic rings. The Balaban J connectivity index is 1.02. The fourth-order valence-corrected chi connectivity index (χ4v) is 11.5. The molecule has 0 spiro atoms. The number of nitrogens with zero attached hydrogens (tertiary/aromatic N) is 1. The number of benzene rings is 10. The molecule has 10 aromatic carbocycles. The van der Waals surface area contributed by atoms with E-state index in [1.54, 1.807) is 0 Å². The Morgan fingerprint density at radius 2 is 0.632 bits per heavy atom. The monoisotopic (exact) mass is 759 g/mol. The van der Waals surface area contributed by atoms with Crippen molar-refractivity contribution >= 4 is 112 Å². The van der Waals surface area contributed by atoms with Crippen LogP contribution >= 0.6 is 22.7 Å². The first-order chi connectivity index (χ1) is 28.3. The van der Waals surface area contributed by atoms with Gasteiger partial charge < -0.3 is 4.90 Å². The van der Waals surface area contributed by atoms with Crippen molar-refractivity contribution in [1.82, 2.24) is 0 Å². The van der Waals surface area contributed by atoms with Crippen molar-refractivity contribution in [3.05, 3.63) is 200 Å². The molecule has 266 valence electrons. The van der Waals surface area contributed by atoms with Gasteiger partial charge in [0, 0.05) is 57.4 Å². The predicted molar refractivity (Wildman–Crippen MR) is 250 cm³/mol. The SMILES string of the molecule is c1ccc2c(c1)sc1c(-c3ccc(N(c4ccc(-c5cccc6c5sc5ccccc56)cc4)c4ccc5c6ccccc6c6ccccc6c5c4)cc3)cccc12. The highest BCUT2D eigenvalue weighted by Gasteiger charge is 2.18. The molecule has 2 heterocycles. The summed E-state index contributed by atoms with van der Waals surface area (Å²) in [6.45, 7) is 0. The summed E-state index contributed by atoms with van der Waals surface area (Å²) in [6, 6.07) is 73.9. The minimum atomic E-state index is 1.12. The molecule has 0 aliphatic carbocycles. The first kappa shape index (κ1) is 32.5. The van der Waals surface area contributed by atoms with Crippen molar-refractivity contribution < 1.29 is 0 Å². The molecule has 12 rings (SSSR count). The molecule has 0 atom stereocenters. The van der Waals surface area contributed by atoms with Crippen molar-refractivity contribution in [3.8, 4) is 22.3 Å². The molecule has 0 bridgehead atoms. The van der Waals surface area contributed by atoms with Crippen molar-refractivity contribution in [2.45, 2.75) is 0 Å². The summed E-state index contributed by atoms with van der Waals surface area (Å²) >= 11 is 3.76. The molecule has 0 fully saturated rings. The Hall–Kier alpha value is -6.78. The van der Waals surface area contributed by atoms with Gasteiger partial charge in [-0.1, -0.05) is 152 Å². The Bertz CT molecular complexity index is 3330. The lowest BCUT2D eigenvalue weighted by molar-refractivity contribution is 1.29. The lowest BCUT2D eigenvalue weighted by atomic mass is 9.94. The third-order valence-corrected chi connectivity index (χ3v) is 14.1. The maximum Gasteiger partial charge on any atom is 0.0468 e. The fraction of sp³-hybridized carbons (Fsp3) is 0. The van der Waals surface area contributed by atoms with E-state index in [4.69, 9.17) is 0 Å². The second kappa shape index (κ2) is 12.9. The standard InChI is InChI=1S/C54H33NS2/c1-2-13-43-41(11-1)42-12-3-4-14-44(42)50-33-38(31-32-45(43)50)55(36-27-23-34(24-28-36)39-17-9-19-48-46-15-5-7-21-51(46)56-53(39)48)37-29-25-35(26-30-37)40-18-10-20-49-47-16-6-8-22-52(47)57-54(40)49/h1-33H. The molecule has 0 saturated heterocycles. The van der Waals surface area contributed by atoms with E-state index in [-0.39, 0.29) is 0 Å². The predicted octanol–water partition coefficient (Wildman–Crippen LogP) is 16.7. The van der Waals surface area contributed by atoms with Crippen LogP contribution in [-0.2, 0) is 0 Å². The van der Waals surface area contributed by atoms with Crippen LogP contribution in [0.25, 0.3) is 94.9 Å². The summed E-state index contributed by atoms with van der Waals surface area (Å²) in [6.07, 6.45) is 0. The Morgan fingerprint density at radius 3 is 1.11 bits per heavy atom. The quantitative estimate of drug-likeness (QED) is 0.158. The fourth-order valence-electron chi connectivity index (χ4n) is 9.01. The molecule has 0 radical (unpaired) electrons. The summed E-state index contributed by atoms with van der Waals surface area (Å²) in [5.74, 6) is 0. The lowest BCUT2D eigenvalue weighted by Crippen LogP contribution is -2.10. The van der Waals surface area contributed by atoms with E-state index in [0.29, 0.717) is 0 Å². The smallest absolute Gasteiger partial charge is 0.0468 e. The van der Waals surface area contributed by atoms with Gasteiger partial charge in [0.25, 0.3) is 0 Å². The van der Waals surface area contributed by atoms with E-state index in [1.807, 2.05) is 22.7 Å². The number of hydrogen-bond donors (Lipinski definition) is 0. The first-order valence-electron chi connectivity index (χ1n) is 19.4. The Morgan fingerprint density at radius 1 is 0.263 bits per heavy atom. The zero-order chi connectivity index (χ0) is 37.5. The van der Waals surface area contributed by atoms with Crippen molar-refractivity contribution in [2.24, 2.45) is 0 Å². The second-order valence-corrected chi connectivity index (χ2v) is 16.9. The number of thiophene rings is 2. The number of hydrogen-bond acceptors (Lipinski definition) is 3. The highest BCUT2D eigenvalue weighted by molar-refractivity contribution is 7.26. The summed E-state index contributed by atoms with van der Waals surface area (Å²) in [5, 5.41) is 12.9. The Kier molecular flexibility index (Phi) is 7.34. The normalized spacial score (nSPS) is 11.9. The van der Waals surface area contributed by atoms with Gasteiger partial charge in [-0.2, -0.15) is 0 Å². The summed E-state index contributed by atoms with van der Waals surface area (Å²) in [5.41, 5.74) is 8.35. The van der Waals surface area contributed by atoms with Gasteiger partial charge in [-0.15, -0.1) is 22.7 Å². The van der Waals surface area contributed by atoms with Gasteiger partial charge in [0.2, 0.25) is 0 Å². The molecule has 57 heavy (non-hydrogen) atoms. The minimum absolute atomic E-state index is 1.12. The molecular weight excluding hydrogens is 727 g/mol. The van der Waals surface area contributed by atoms with E-state index in [9.17, 15) is 0 Å². The van der Waals surface area contributed by atoms with Crippen LogP contribution in [0.4, 0.5) is 17.1 Å². The van der Waals surface area contributed by atoms with Crippen LogP contribution in [0.5, 0.6) is 0 Å². The third-order valence-electron chi connectivity index (χ3n) is 11.7. The Labute approximate surface area is 337 Å². The van der Waals surface area contributed by atoms with Crippen molar-refractivity contribution in [2.75, 3.05) is 4.90 Å². The zero-order valence-corrected chi connectivity index (χ0v) is 32.4. The van der Waals surface area contributed by atoms with E-state index in [2.05, 4.69) is 205 Å². The number of rotatable bonds is 5. The maximum absolute atomic E-state index is 2.41. The van der Waals surface area contributed by atoms with Crippen LogP contribution in [0.1, 0.15) is 0 Å². The van der Waals surface area contributed by atoms with Gasteiger partial charge in [-0.3, -0.25) is 0 Å². The van der Waals surface area contributed by atoms with Crippen LogP contribution in [0.2, 0.25) is 0 Å². The van der Waals surface area contributed by atoms with E-state index >= 15 is 0 Å². The summed E-state index contributed by atoms with van der Waals surface area (Å²) in [4.78, 5) is 2.41. The van der Waals surface area contributed by atoms with Crippen LogP contribution in [0.3, 0.4) is 0 Å². The third kappa shape index (κ3) is 5.13. The van der Waals surface area contributed by atoms with Crippen LogP contribution < -0.4 is 4.90 Å². The van der Waals surface area contributed by atoms with E-state index in [1.165, 1.54) is 94.9 Å². The van der Waals surface area contributed by atoms with Gasteiger partial charge in [0.15, 0.2) is 0 Å². The maximum atomic E-state index is 2.41. The van der Waals surface area contributed by atoms with E-state index < -0.39 is 0 Å². The average Bonchev–Trinajstić information content (AvgIpc) is 3.86. The average molecular weight is 760 g/mol. The molecular formula is C54H33NS2. The molecule has 0 saturated carbocycles. The van der Waals surface area contributed by atoms with Gasteiger partial charge in [-0.25, -0.2) is 0 Å². The number of fused-ring (bicyclic) bond motifs is 12. The molecule has 3 heteroatoms. The summed E-state index contributed by atoms with van der Waals surface area (Å²) < 4.78 is 5.32. The molecule has 0 amide bonds. The van der Waals surface area contributed by atoms with Gasteiger partial charge in [0.1, 0.15) is 0 Å². The number of anilines is 3. The van der Waals surface area contributed by atoms with Crippen LogP contribution in [0, 0.1) is 0 Å². The highest BCUT2D eigenvalue weighted by Crippen LogP contribution is 2.45. The molecule has 0 N–H and O–H groups in total. The largest absolute Gasteiger partial charge is 0.310 e. The molecule has 2 aromatic heterocycles. The van der Waals surface area contributed by atoms with Crippen molar-refractivity contribution in [1.29, 1.82) is 0 Å². The topological polar surface area (TPSA) is 3.24 Å². The van der Waals surface area contributed by atoms with E-state index in [0.717, 1.165) is 17.1 Å². The lowest BCUT2D eigenvalue weighted by Gasteiger charge is -2.27. The zero-order valence-electron chi connectivity index (χ0n) is 30.8. The van der Waals surface area contributed by atoms with Gasteiger partial charge >= 0.3 is 0 Å². The van der Waals surface area contributed by atoms with Gasteiger partial charge in [-0.05, 0) is 103 Å². The van der Waals surface area contributed by atoms with Crippen LogP contribution in [0.15, 0.2) is 200 Å². The minimum Gasteiger partial charge on any atom is -0.310 e.